The van der Waals surface area contributed by atoms with Crippen LogP contribution in [-0.4, -0.2) is 23.3 Å². The van der Waals surface area contributed by atoms with Gasteiger partial charge in [-0.2, -0.15) is 0 Å². The van der Waals surface area contributed by atoms with E-state index in [0.717, 1.165) is 22.7 Å². The second-order valence-corrected chi connectivity index (χ2v) is 5.56. The molecule has 2 atom stereocenters. The summed E-state index contributed by atoms with van der Waals surface area (Å²) < 4.78 is 5.23. The van der Waals surface area contributed by atoms with Crippen molar-refractivity contribution in [3.63, 3.8) is 0 Å². The molecule has 0 saturated carbocycles. The summed E-state index contributed by atoms with van der Waals surface area (Å²) in [5.41, 5.74) is 1.88. The van der Waals surface area contributed by atoms with Gasteiger partial charge >= 0.3 is 0 Å². The van der Waals surface area contributed by atoms with Crippen LogP contribution in [0.1, 0.15) is 29.3 Å². The van der Waals surface area contributed by atoms with Gasteiger partial charge in [-0.1, -0.05) is 30.3 Å². The summed E-state index contributed by atoms with van der Waals surface area (Å²) in [6.07, 6.45) is 1.07. The summed E-state index contributed by atoms with van der Waals surface area (Å²) in [6.45, 7) is 2.03. The van der Waals surface area contributed by atoms with Crippen molar-refractivity contribution in [1.82, 2.24) is 4.98 Å². The highest BCUT2D eigenvalue weighted by molar-refractivity contribution is 7.09. The van der Waals surface area contributed by atoms with Crippen molar-refractivity contribution in [1.29, 1.82) is 0 Å². The molecule has 2 unspecified atom stereocenters. The number of nitrogens with zero attached hydrogens (tertiary/aromatic N) is 1. The number of thiazole rings is 1. The molecule has 1 aromatic carbocycles. The highest BCUT2D eigenvalue weighted by Crippen LogP contribution is 2.20. The number of hydrogen-bond acceptors (Lipinski definition) is 4. The highest BCUT2D eigenvalue weighted by Gasteiger charge is 2.12. The molecule has 0 spiro atoms. The zero-order valence-corrected chi connectivity index (χ0v) is 12.1. The summed E-state index contributed by atoms with van der Waals surface area (Å²) in [4.78, 5) is 4.54. The molecule has 1 aromatic heterocycles. The van der Waals surface area contributed by atoms with Gasteiger partial charge in [0.1, 0.15) is 0 Å². The number of ether oxygens (including phenoxy) is 1. The topological polar surface area (TPSA) is 42.4 Å². The van der Waals surface area contributed by atoms with E-state index in [1.165, 1.54) is 0 Å². The van der Waals surface area contributed by atoms with E-state index in [4.69, 9.17) is 4.74 Å². The van der Waals surface area contributed by atoms with E-state index in [-0.39, 0.29) is 6.10 Å². The second kappa shape index (κ2) is 6.80. The van der Waals surface area contributed by atoms with E-state index >= 15 is 0 Å². The van der Waals surface area contributed by atoms with E-state index in [9.17, 15) is 5.11 Å². The minimum atomic E-state index is -0.490. The predicted octanol–water partition coefficient (Wildman–Crippen LogP) is 3.00. The lowest BCUT2D eigenvalue weighted by atomic mass is 10.1. The van der Waals surface area contributed by atoms with Gasteiger partial charge in [-0.3, -0.25) is 0 Å². The standard InChI is InChI=1S/C15H19NO2S/c1-11(18-2)8-15-16-13(10-19-15)9-14(17)12-6-4-3-5-7-12/h3-7,10-11,14,17H,8-9H2,1-2H3. The summed E-state index contributed by atoms with van der Waals surface area (Å²) in [5.74, 6) is 0. The normalized spacial score (nSPS) is 14.3. The van der Waals surface area contributed by atoms with Crippen molar-refractivity contribution in [2.45, 2.75) is 32.0 Å². The van der Waals surface area contributed by atoms with Crippen LogP contribution in [0.25, 0.3) is 0 Å². The van der Waals surface area contributed by atoms with Crippen molar-refractivity contribution in [3.8, 4) is 0 Å². The maximum atomic E-state index is 10.2. The molecule has 0 amide bonds. The van der Waals surface area contributed by atoms with Crippen LogP contribution < -0.4 is 0 Å². The van der Waals surface area contributed by atoms with E-state index in [2.05, 4.69) is 4.98 Å². The van der Waals surface area contributed by atoms with Crippen LogP contribution in [0.2, 0.25) is 0 Å². The number of hydrogen-bond donors (Lipinski definition) is 1. The molecule has 2 aromatic rings. The first-order chi connectivity index (χ1) is 9.19. The third-order valence-electron chi connectivity index (χ3n) is 3.05. The van der Waals surface area contributed by atoms with Gasteiger partial charge in [-0.15, -0.1) is 11.3 Å². The van der Waals surface area contributed by atoms with Gasteiger partial charge in [0.15, 0.2) is 0 Å². The fourth-order valence-corrected chi connectivity index (χ4v) is 2.78. The maximum absolute atomic E-state index is 10.2. The quantitative estimate of drug-likeness (QED) is 0.882. The first-order valence-corrected chi connectivity index (χ1v) is 7.26. The Bertz CT molecular complexity index is 498. The van der Waals surface area contributed by atoms with Gasteiger partial charge in [0.25, 0.3) is 0 Å². The molecule has 3 nitrogen and oxygen atoms in total. The lowest BCUT2D eigenvalue weighted by Gasteiger charge is -2.09. The monoisotopic (exact) mass is 277 g/mol. The summed E-state index contributed by atoms with van der Waals surface area (Å²) in [5, 5.41) is 13.2. The summed E-state index contributed by atoms with van der Waals surface area (Å²) >= 11 is 1.63. The molecule has 1 heterocycles. The first kappa shape index (κ1) is 14.2. The van der Waals surface area contributed by atoms with Crippen molar-refractivity contribution < 1.29 is 9.84 Å². The SMILES string of the molecule is COC(C)Cc1nc(CC(O)c2ccccc2)cs1. The van der Waals surface area contributed by atoms with Crippen molar-refractivity contribution >= 4 is 11.3 Å². The zero-order chi connectivity index (χ0) is 13.7. The average Bonchev–Trinajstić information content (AvgIpc) is 2.86. The minimum Gasteiger partial charge on any atom is -0.388 e. The smallest absolute Gasteiger partial charge is 0.0954 e. The van der Waals surface area contributed by atoms with Crippen LogP contribution in [0.3, 0.4) is 0 Å². The Kier molecular flexibility index (Phi) is 5.07. The molecule has 0 fully saturated rings. The van der Waals surface area contributed by atoms with E-state index < -0.39 is 6.10 Å². The lowest BCUT2D eigenvalue weighted by Crippen LogP contribution is -2.08. The van der Waals surface area contributed by atoms with E-state index in [1.807, 2.05) is 42.6 Å². The Morgan fingerprint density at radius 1 is 1.26 bits per heavy atom. The third-order valence-corrected chi connectivity index (χ3v) is 3.97. The highest BCUT2D eigenvalue weighted by atomic mass is 32.1. The van der Waals surface area contributed by atoms with Crippen LogP contribution in [0, 0.1) is 0 Å². The number of aromatic nitrogens is 1. The fourth-order valence-electron chi connectivity index (χ4n) is 1.86. The van der Waals surface area contributed by atoms with Crippen molar-refractivity contribution in [2.24, 2.45) is 0 Å². The molecule has 4 heteroatoms. The van der Waals surface area contributed by atoms with Gasteiger partial charge in [0.05, 0.1) is 22.9 Å². The van der Waals surface area contributed by atoms with Crippen LogP contribution >= 0.6 is 11.3 Å². The van der Waals surface area contributed by atoms with Gasteiger partial charge < -0.3 is 9.84 Å². The van der Waals surface area contributed by atoms with Crippen LogP contribution in [0.4, 0.5) is 0 Å². The zero-order valence-electron chi connectivity index (χ0n) is 11.2. The molecule has 102 valence electrons. The molecule has 0 aliphatic carbocycles. The Hall–Kier alpha value is -1.23. The van der Waals surface area contributed by atoms with Gasteiger partial charge in [0.2, 0.25) is 0 Å². The number of aliphatic hydroxyl groups is 1. The Labute approximate surface area is 117 Å². The van der Waals surface area contributed by atoms with Crippen LogP contribution in [0.15, 0.2) is 35.7 Å². The fraction of sp³-hybridized carbons (Fsp3) is 0.400. The molecule has 0 saturated heterocycles. The molecule has 0 aliphatic rings. The number of benzene rings is 1. The van der Waals surface area contributed by atoms with Gasteiger partial charge in [-0.25, -0.2) is 4.98 Å². The van der Waals surface area contributed by atoms with Gasteiger partial charge in [-0.05, 0) is 12.5 Å². The molecule has 0 bridgehead atoms. The second-order valence-electron chi connectivity index (χ2n) is 4.61. The average molecular weight is 277 g/mol. The van der Waals surface area contributed by atoms with Gasteiger partial charge in [0, 0.05) is 25.3 Å². The summed E-state index contributed by atoms with van der Waals surface area (Å²) in [7, 11) is 1.71. The number of methoxy groups -OCH3 is 1. The van der Waals surface area contributed by atoms with E-state index in [1.54, 1.807) is 18.4 Å². The number of rotatable bonds is 6. The number of aliphatic hydroxyl groups excluding tert-OH is 1. The molecule has 2 rings (SSSR count). The van der Waals surface area contributed by atoms with Crippen molar-refractivity contribution in [2.75, 3.05) is 7.11 Å². The summed E-state index contributed by atoms with van der Waals surface area (Å²) in [6, 6.07) is 9.69. The molecular formula is C15H19NO2S. The van der Waals surface area contributed by atoms with Crippen LogP contribution in [0.5, 0.6) is 0 Å². The maximum Gasteiger partial charge on any atom is 0.0954 e. The van der Waals surface area contributed by atoms with E-state index in [0.29, 0.717) is 6.42 Å². The Balaban J connectivity index is 1.96. The lowest BCUT2D eigenvalue weighted by molar-refractivity contribution is 0.118. The molecule has 19 heavy (non-hydrogen) atoms. The molecule has 1 N–H and O–H groups in total. The minimum absolute atomic E-state index is 0.179. The van der Waals surface area contributed by atoms with Crippen molar-refractivity contribution in [3.05, 3.63) is 52.0 Å². The molecule has 0 radical (unpaired) electrons. The first-order valence-electron chi connectivity index (χ1n) is 6.38. The Morgan fingerprint density at radius 2 is 2.00 bits per heavy atom. The Morgan fingerprint density at radius 3 is 2.68 bits per heavy atom. The molecular weight excluding hydrogens is 258 g/mol. The predicted molar refractivity (Wildman–Crippen MR) is 77.4 cm³/mol. The van der Waals surface area contributed by atoms with Crippen LogP contribution in [-0.2, 0) is 17.6 Å². The largest absolute Gasteiger partial charge is 0.388 e. The third kappa shape index (κ3) is 4.13. The molecule has 0 aliphatic heterocycles.